The van der Waals surface area contributed by atoms with Gasteiger partial charge in [0.05, 0.1) is 0 Å². The van der Waals surface area contributed by atoms with Crippen LogP contribution in [0.1, 0.15) is 20.0 Å². The number of hydrogen-bond acceptors (Lipinski definition) is 7. The molecular weight excluding hydrogens is 774 g/mol. The molecule has 0 saturated carbocycles. The molecule has 1 aromatic carbocycles. The second kappa shape index (κ2) is 10.6. The molecule has 0 radical (unpaired) electrons. The van der Waals surface area contributed by atoms with Crippen LogP contribution in [0, 0.1) is 5.82 Å². The topological polar surface area (TPSA) is 117 Å². The molecule has 1 unspecified atom stereocenters. The van der Waals surface area contributed by atoms with E-state index in [1.807, 2.05) is 22.9 Å². The Hall–Kier alpha value is -1.89. The first-order valence-corrected chi connectivity index (χ1v) is 13.7. The number of benzene rings is 1. The zero-order chi connectivity index (χ0) is 23.5. The summed E-state index contributed by atoms with van der Waals surface area (Å²) >= 11 is 2.49. The van der Waals surface area contributed by atoms with Crippen LogP contribution in [0.25, 0.3) is 11.3 Å². The Labute approximate surface area is 226 Å². The summed E-state index contributed by atoms with van der Waals surface area (Å²) in [7, 11) is 1.38. The number of amides is 1. The van der Waals surface area contributed by atoms with Crippen molar-refractivity contribution < 1.29 is 43.0 Å². The minimum atomic E-state index is -1.08. The summed E-state index contributed by atoms with van der Waals surface area (Å²) in [6.07, 6.45) is 3.29. The first-order valence-electron chi connectivity index (χ1n) is 9.39. The Morgan fingerprint density at radius 1 is 1.33 bits per heavy atom. The molecule has 4 N–H and O–H groups in total. The van der Waals surface area contributed by atoms with Crippen LogP contribution in [0.5, 0.6) is 5.75 Å². The fourth-order valence-electron chi connectivity index (χ4n) is 3.54. The maximum absolute atomic E-state index is 14.4. The van der Waals surface area contributed by atoms with Gasteiger partial charge in [-0.1, -0.05) is 0 Å². The molecule has 0 bridgehead atoms. The number of anilines is 3. The number of ether oxygens (including phenoxy) is 1. The molecule has 13 heteroatoms. The molecule has 1 atom stereocenters. The number of fused-ring (bicyclic) bond motifs is 1. The number of carbonyl (C=O) groups is 2. The van der Waals surface area contributed by atoms with Gasteiger partial charge >= 0.3 is 228 Å². The van der Waals surface area contributed by atoms with Crippen LogP contribution in [0.3, 0.4) is 0 Å². The van der Waals surface area contributed by atoms with Gasteiger partial charge in [0.1, 0.15) is 0 Å². The third-order valence-corrected chi connectivity index (χ3v) is 9.28. The third-order valence-electron chi connectivity index (χ3n) is 4.92. The number of carbonyl (C=O) groups excluding carboxylic acids is 2. The third kappa shape index (κ3) is 4.84. The molecule has 1 amide bonds. The van der Waals surface area contributed by atoms with Gasteiger partial charge in [-0.3, -0.25) is 0 Å². The summed E-state index contributed by atoms with van der Waals surface area (Å²) in [5.74, 6) is -0.814. The normalized spacial score (nSPS) is 14.9. The predicted molar refractivity (Wildman–Crippen MR) is 133 cm³/mol. The van der Waals surface area contributed by atoms with Crippen LogP contribution >= 0.6 is 45.9 Å². The summed E-state index contributed by atoms with van der Waals surface area (Å²) < 4.78 is 27.0. The van der Waals surface area contributed by atoms with E-state index < -0.39 is 27.0 Å². The van der Waals surface area contributed by atoms with E-state index in [4.69, 9.17) is 7.80 Å². The summed E-state index contributed by atoms with van der Waals surface area (Å²) in [5.41, 5.74) is 3.86. The van der Waals surface area contributed by atoms with Crippen molar-refractivity contribution in [1.29, 1.82) is 0 Å². The number of aromatic amines is 1. The SMILES string of the molecule is COc1c(F)cccc1Nc1c(-c2ccncc2NI)[nH]c2c1C(=O)NCC2[I-]C(=O)OI. The second-order valence-corrected chi connectivity index (χ2v) is 10.7. The molecule has 0 aliphatic carbocycles. The molecule has 33 heavy (non-hydrogen) atoms. The van der Waals surface area contributed by atoms with E-state index >= 15 is 0 Å². The molecule has 0 saturated heterocycles. The quantitative estimate of drug-likeness (QED) is 0.126. The number of nitrogens with zero attached hydrogens (tertiary/aromatic N) is 1. The average Bonchev–Trinajstić information content (AvgIpc) is 3.21. The fourth-order valence-corrected chi connectivity index (χ4v) is 6.55. The first kappa shape index (κ1) is 24.2. The number of para-hydroxylation sites is 1. The van der Waals surface area contributed by atoms with Crippen molar-refractivity contribution >= 4 is 72.8 Å². The first-order chi connectivity index (χ1) is 16.0. The van der Waals surface area contributed by atoms with Crippen LogP contribution < -0.4 is 40.1 Å². The van der Waals surface area contributed by atoms with E-state index in [0.29, 0.717) is 40.6 Å². The standard InChI is InChI=1S/C20H16FI3N5O4/c1-32-18-10(21)3-2-4-12(18)27-17-14-16(11(7-26-19(14)30)24-20(31)33-23)28-15(17)9-5-6-25-8-13(9)29-22/h2-6,8,11,27-29H,7H2,1H3,(H,26,30)/q-1. The van der Waals surface area contributed by atoms with E-state index in [2.05, 4.69) is 24.1 Å². The summed E-state index contributed by atoms with van der Waals surface area (Å²) in [6.45, 7) is 0.321. The Kier molecular flexibility index (Phi) is 7.77. The monoisotopic (exact) mass is 790 g/mol. The predicted octanol–water partition coefficient (Wildman–Crippen LogP) is 2.09. The van der Waals surface area contributed by atoms with Crippen molar-refractivity contribution in [3.8, 4) is 17.0 Å². The number of halogens is 4. The Morgan fingerprint density at radius 3 is 2.88 bits per heavy atom. The molecule has 1 aliphatic heterocycles. The summed E-state index contributed by atoms with van der Waals surface area (Å²) in [6, 6.07) is 6.30. The van der Waals surface area contributed by atoms with Crippen LogP contribution in [0.15, 0.2) is 36.7 Å². The molecule has 0 spiro atoms. The number of rotatable bonds is 7. The number of H-pyrrole nitrogens is 1. The Bertz CT molecular complexity index is 1220. The molecule has 4 rings (SSSR count). The van der Waals surface area contributed by atoms with E-state index in [0.717, 1.165) is 5.56 Å². The Balaban J connectivity index is 1.93. The number of alkyl halides is 1. The van der Waals surface area contributed by atoms with Gasteiger partial charge in [-0.2, -0.15) is 0 Å². The van der Waals surface area contributed by atoms with Crippen LogP contribution in [-0.2, 0) is 3.07 Å². The summed E-state index contributed by atoms with van der Waals surface area (Å²) in [5, 5.41) is 6.06. The zero-order valence-electron chi connectivity index (χ0n) is 16.8. The Morgan fingerprint density at radius 2 is 2.15 bits per heavy atom. The number of nitrogens with one attached hydrogen (secondary N) is 4. The molecule has 1 aliphatic rings. The van der Waals surface area contributed by atoms with Crippen molar-refractivity contribution in [2.75, 3.05) is 22.5 Å². The number of aromatic nitrogens is 2. The maximum atomic E-state index is 14.4. The molecule has 9 nitrogen and oxygen atoms in total. The van der Waals surface area contributed by atoms with Crippen LogP contribution in [0.4, 0.5) is 26.2 Å². The van der Waals surface area contributed by atoms with E-state index in [-0.39, 0.29) is 19.6 Å². The van der Waals surface area contributed by atoms with Gasteiger partial charge in [0.25, 0.3) is 0 Å². The van der Waals surface area contributed by atoms with Crippen LogP contribution in [0.2, 0.25) is 0 Å². The molecule has 174 valence electrons. The average molecular weight is 790 g/mol. The number of hydrogen-bond donors (Lipinski definition) is 4. The van der Waals surface area contributed by atoms with Crippen molar-refractivity contribution in [2.45, 2.75) is 3.92 Å². The van der Waals surface area contributed by atoms with Gasteiger partial charge in [0.15, 0.2) is 0 Å². The minimum absolute atomic E-state index is 0.0223. The van der Waals surface area contributed by atoms with Crippen molar-refractivity contribution in [3.05, 3.63) is 53.7 Å². The zero-order valence-corrected chi connectivity index (χ0v) is 23.3. The number of methoxy groups -OCH3 is 1. The van der Waals surface area contributed by atoms with E-state index in [9.17, 15) is 14.0 Å². The number of pyridine rings is 1. The van der Waals surface area contributed by atoms with Gasteiger partial charge < -0.3 is 0 Å². The fraction of sp³-hybridized carbons (Fsp3) is 0.150. The molecule has 0 fully saturated rings. The van der Waals surface area contributed by atoms with Crippen molar-refractivity contribution in [1.82, 2.24) is 15.3 Å². The van der Waals surface area contributed by atoms with E-state index in [1.165, 1.54) is 13.2 Å². The van der Waals surface area contributed by atoms with Gasteiger partial charge in [-0.25, -0.2) is 0 Å². The van der Waals surface area contributed by atoms with Gasteiger partial charge in [-0.15, -0.1) is 0 Å². The van der Waals surface area contributed by atoms with Gasteiger partial charge in [0, 0.05) is 0 Å². The van der Waals surface area contributed by atoms with Gasteiger partial charge in [-0.05, 0) is 0 Å². The summed E-state index contributed by atoms with van der Waals surface area (Å²) in [4.78, 5) is 32.6. The van der Waals surface area contributed by atoms with E-state index in [1.54, 1.807) is 53.6 Å². The second-order valence-electron chi connectivity index (χ2n) is 6.73. The van der Waals surface area contributed by atoms with Crippen molar-refractivity contribution in [3.63, 3.8) is 0 Å². The molecular formula is C20H16FI3N5O4-. The molecule has 3 aromatic rings. The van der Waals surface area contributed by atoms with Crippen molar-refractivity contribution in [2.24, 2.45) is 0 Å². The van der Waals surface area contributed by atoms with Crippen LogP contribution in [-0.4, -0.2) is 33.5 Å². The molecule has 2 aromatic heterocycles. The van der Waals surface area contributed by atoms with Gasteiger partial charge in [0.2, 0.25) is 0 Å². The molecule has 3 heterocycles.